The third-order valence-corrected chi connectivity index (χ3v) is 4.73. The summed E-state index contributed by atoms with van der Waals surface area (Å²) in [7, 11) is 0. The zero-order chi connectivity index (χ0) is 18.1. The zero-order valence-corrected chi connectivity index (χ0v) is 13.5. The van der Waals surface area contributed by atoms with Crippen LogP contribution in [0.25, 0.3) is 10.9 Å². The topological polar surface area (TPSA) is 88.6 Å². The number of aliphatic carboxylic acids is 1. The number of hydrogen-bond donors (Lipinski definition) is 2. The van der Waals surface area contributed by atoms with Gasteiger partial charge in [-0.05, 0) is 25.1 Å². The number of pyridine rings is 1. The van der Waals surface area contributed by atoms with Crippen molar-refractivity contribution in [3.8, 4) is 0 Å². The summed E-state index contributed by atoms with van der Waals surface area (Å²) in [5.74, 6) is -3.07. The van der Waals surface area contributed by atoms with Gasteiger partial charge in [0.1, 0.15) is 11.6 Å². The molecule has 3 rings (SSSR count). The van der Waals surface area contributed by atoms with E-state index in [4.69, 9.17) is 5.73 Å². The van der Waals surface area contributed by atoms with E-state index < -0.39 is 29.6 Å². The van der Waals surface area contributed by atoms with Crippen molar-refractivity contribution in [2.24, 2.45) is 11.7 Å². The summed E-state index contributed by atoms with van der Waals surface area (Å²) in [5.41, 5.74) is 5.66. The van der Waals surface area contributed by atoms with Crippen LogP contribution in [0.4, 0.5) is 8.78 Å². The molecule has 0 amide bonds. The van der Waals surface area contributed by atoms with E-state index in [1.807, 2.05) is 4.90 Å². The average molecular weight is 351 g/mol. The number of piperidine rings is 1. The Balaban J connectivity index is 1.83. The second kappa shape index (κ2) is 6.89. The molecule has 1 aliphatic rings. The molecule has 1 fully saturated rings. The Hall–Kier alpha value is -2.32. The van der Waals surface area contributed by atoms with Crippen LogP contribution in [-0.4, -0.2) is 46.2 Å². The molecule has 3 N–H and O–H groups in total. The number of rotatable bonds is 4. The largest absolute Gasteiger partial charge is 0.481 e. The van der Waals surface area contributed by atoms with Crippen LogP contribution in [0.15, 0.2) is 29.1 Å². The van der Waals surface area contributed by atoms with Crippen molar-refractivity contribution in [2.45, 2.75) is 19.0 Å². The molecule has 0 radical (unpaired) electrons. The predicted molar refractivity (Wildman–Crippen MR) is 88.3 cm³/mol. The molecule has 0 saturated carbocycles. The Kier molecular flexibility index (Phi) is 4.82. The van der Waals surface area contributed by atoms with Gasteiger partial charge in [0.2, 0.25) is 0 Å². The molecule has 2 aromatic rings. The van der Waals surface area contributed by atoms with Crippen LogP contribution in [0.2, 0.25) is 0 Å². The molecule has 25 heavy (non-hydrogen) atoms. The van der Waals surface area contributed by atoms with Gasteiger partial charge in [0.05, 0.1) is 11.4 Å². The number of carboxylic acids is 1. The maximum atomic E-state index is 13.9. The number of carbonyl (C=O) groups is 1. The van der Waals surface area contributed by atoms with Gasteiger partial charge in [0.15, 0.2) is 0 Å². The van der Waals surface area contributed by atoms with Crippen molar-refractivity contribution in [3.05, 3.63) is 46.3 Å². The molecule has 1 saturated heterocycles. The Morgan fingerprint density at radius 3 is 2.76 bits per heavy atom. The van der Waals surface area contributed by atoms with Gasteiger partial charge in [0.25, 0.3) is 5.56 Å². The summed E-state index contributed by atoms with van der Waals surface area (Å²) in [4.78, 5) is 25.3. The number of likely N-dealkylation sites (tertiary alicyclic amines) is 1. The first-order chi connectivity index (χ1) is 11.9. The fourth-order valence-corrected chi connectivity index (χ4v) is 3.30. The van der Waals surface area contributed by atoms with Crippen LogP contribution < -0.4 is 11.3 Å². The van der Waals surface area contributed by atoms with E-state index in [9.17, 15) is 23.5 Å². The van der Waals surface area contributed by atoms with E-state index in [0.29, 0.717) is 26.1 Å². The fraction of sp³-hybridized carbons (Fsp3) is 0.412. The van der Waals surface area contributed by atoms with Crippen molar-refractivity contribution < 1.29 is 18.7 Å². The third kappa shape index (κ3) is 3.54. The lowest BCUT2D eigenvalue weighted by atomic mass is 9.93. The number of hydrogen-bond acceptors (Lipinski definition) is 4. The molecule has 0 aliphatic carbocycles. The third-order valence-electron chi connectivity index (χ3n) is 4.73. The maximum Gasteiger partial charge on any atom is 0.309 e. The molecule has 0 bridgehead atoms. The van der Waals surface area contributed by atoms with Crippen LogP contribution >= 0.6 is 0 Å². The van der Waals surface area contributed by atoms with Gasteiger partial charge in [-0.2, -0.15) is 0 Å². The van der Waals surface area contributed by atoms with E-state index in [1.165, 1.54) is 16.7 Å². The van der Waals surface area contributed by atoms with E-state index in [0.717, 1.165) is 12.1 Å². The van der Waals surface area contributed by atoms with Gasteiger partial charge in [-0.1, -0.05) is 0 Å². The second-order valence-corrected chi connectivity index (χ2v) is 6.34. The summed E-state index contributed by atoms with van der Waals surface area (Å²) < 4.78 is 28.7. The molecule has 1 aromatic carbocycles. The van der Waals surface area contributed by atoms with E-state index in [-0.39, 0.29) is 23.0 Å². The minimum absolute atomic E-state index is 0.171. The number of nitrogens with zero attached hydrogens (tertiary/aromatic N) is 2. The van der Waals surface area contributed by atoms with Crippen LogP contribution in [0.5, 0.6) is 0 Å². The number of carboxylic acid groups (broad SMARTS) is 1. The van der Waals surface area contributed by atoms with E-state index >= 15 is 0 Å². The second-order valence-electron chi connectivity index (χ2n) is 6.34. The Bertz CT molecular complexity index is 868. The van der Waals surface area contributed by atoms with Crippen LogP contribution in [0, 0.1) is 17.6 Å². The number of aromatic nitrogens is 1. The number of fused-ring (bicyclic) bond motifs is 1. The average Bonchev–Trinajstić information content (AvgIpc) is 2.54. The first kappa shape index (κ1) is 17.5. The summed E-state index contributed by atoms with van der Waals surface area (Å²) in [5, 5.41) is 9.38. The molecule has 134 valence electrons. The molecule has 1 aromatic heterocycles. The molecule has 0 spiro atoms. The highest BCUT2D eigenvalue weighted by Crippen LogP contribution is 2.19. The first-order valence-corrected chi connectivity index (χ1v) is 8.06. The van der Waals surface area contributed by atoms with E-state index in [1.54, 1.807) is 0 Å². The molecule has 1 aliphatic heterocycles. The fourth-order valence-electron chi connectivity index (χ4n) is 3.30. The Labute approximate surface area is 142 Å². The lowest BCUT2D eigenvalue weighted by Crippen LogP contribution is -2.51. The Morgan fingerprint density at radius 1 is 1.28 bits per heavy atom. The summed E-state index contributed by atoms with van der Waals surface area (Å²) >= 11 is 0. The monoisotopic (exact) mass is 351 g/mol. The molecule has 8 heteroatoms. The quantitative estimate of drug-likeness (QED) is 0.858. The van der Waals surface area contributed by atoms with Gasteiger partial charge in [-0.25, -0.2) is 8.78 Å². The standard InChI is InChI=1S/C17H19F2N3O3/c18-10-7-13(19)11-1-2-16(23)22(15(11)8-10)6-5-21-4-3-14(20)12(9-21)17(24)25/h1-2,7-8,12,14H,3-6,9,20H2,(H,24,25)/t12-,14+/m0/s1. The van der Waals surface area contributed by atoms with Gasteiger partial charge in [0, 0.05) is 43.2 Å². The zero-order valence-electron chi connectivity index (χ0n) is 13.5. The minimum Gasteiger partial charge on any atom is -0.481 e. The van der Waals surface area contributed by atoms with Crippen molar-refractivity contribution in [1.29, 1.82) is 0 Å². The lowest BCUT2D eigenvalue weighted by Gasteiger charge is -2.34. The van der Waals surface area contributed by atoms with Gasteiger partial charge in [-0.3, -0.25) is 9.59 Å². The predicted octanol–water partition coefficient (Wildman–Crippen LogP) is 1.01. The number of nitrogens with two attached hydrogens (primary N) is 1. The van der Waals surface area contributed by atoms with Gasteiger partial charge < -0.3 is 20.3 Å². The molecule has 2 heterocycles. The molecule has 0 unspecified atom stereocenters. The number of benzene rings is 1. The summed E-state index contributed by atoms with van der Waals surface area (Å²) in [6.07, 6.45) is 0.546. The lowest BCUT2D eigenvalue weighted by molar-refractivity contribution is -0.144. The highest BCUT2D eigenvalue weighted by atomic mass is 19.1. The van der Waals surface area contributed by atoms with Gasteiger partial charge >= 0.3 is 5.97 Å². The highest BCUT2D eigenvalue weighted by Gasteiger charge is 2.31. The van der Waals surface area contributed by atoms with Crippen LogP contribution in [0.1, 0.15) is 6.42 Å². The van der Waals surface area contributed by atoms with Crippen LogP contribution in [0.3, 0.4) is 0 Å². The van der Waals surface area contributed by atoms with Crippen molar-refractivity contribution in [3.63, 3.8) is 0 Å². The Morgan fingerprint density at radius 2 is 2.04 bits per heavy atom. The van der Waals surface area contributed by atoms with Crippen molar-refractivity contribution in [1.82, 2.24) is 9.47 Å². The minimum atomic E-state index is -0.941. The van der Waals surface area contributed by atoms with Crippen molar-refractivity contribution >= 4 is 16.9 Å². The molecular formula is C17H19F2N3O3. The van der Waals surface area contributed by atoms with Crippen molar-refractivity contribution in [2.75, 3.05) is 19.6 Å². The van der Waals surface area contributed by atoms with E-state index in [2.05, 4.69) is 0 Å². The maximum absolute atomic E-state index is 13.9. The smallest absolute Gasteiger partial charge is 0.309 e. The summed E-state index contributed by atoms with van der Waals surface area (Å²) in [6.45, 7) is 1.51. The van der Waals surface area contributed by atoms with Gasteiger partial charge in [-0.15, -0.1) is 0 Å². The van der Waals surface area contributed by atoms with Crippen LogP contribution in [-0.2, 0) is 11.3 Å². The highest BCUT2D eigenvalue weighted by molar-refractivity contribution is 5.79. The SMILES string of the molecule is N[C@@H]1CCN(CCn2c(=O)ccc3c(F)cc(F)cc32)C[C@@H]1C(=O)O. The number of halogens is 2. The molecule has 2 atom stereocenters. The summed E-state index contributed by atoms with van der Waals surface area (Å²) in [6, 6.07) is 4.10. The molecular weight excluding hydrogens is 332 g/mol. The first-order valence-electron chi connectivity index (χ1n) is 8.06. The molecule has 6 nitrogen and oxygen atoms in total. The normalized spacial score (nSPS) is 21.6.